The molecule has 25 heavy (non-hydrogen) atoms. The first kappa shape index (κ1) is 19.0. The lowest BCUT2D eigenvalue weighted by atomic mass is 9.89. The molecule has 0 amide bonds. The van der Waals surface area contributed by atoms with Crippen LogP contribution in [0.2, 0.25) is 0 Å². The highest BCUT2D eigenvalue weighted by Crippen LogP contribution is 2.23. The van der Waals surface area contributed by atoms with Crippen LogP contribution in [-0.2, 0) is 9.84 Å². The van der Waals surface area contributed by atoms with Gasteiger partial charge in [-0.05, 0) is 43.9 Å². The molecule has 6 nitrogen and oxygen atoms in total. The third-order valence-corrected chi connectivity index (χ3v) is 7.70. The second kappa shape index (κ2) is 8.71. The standard InChI is InChI=1S/C18H33N3O3S/c22-17-6-9-21(10-7-17)18(19-12-15-4-2-1-3-5-15)20-13-16-8-11-25(23,24)14-16/h15-17,22H,1-14H2,(H,19,20). The Labute approximate surface area is 152 Å². The number of nitrogens with zero attached hydrogens (tertiary/aromatic N) is 2. The van der Waals surface area contributed by atoms with Gasteiger partial charge in [-0.15, -0.1) is 0 Å². The smallest absolute Gasteiger partial charge is 0.193 e. The maximum atomic E-state index is 11.7. The minimum absolute atomic E-state index is 0.159. The van der Waals surface area contributed by atoms with Gasteiger partial charge in [0, 0.05) is 26.2 Å². The van der Waals surface area contributed by atoms with Crippen LogP contribution in [-0.4, -0.2) is 68.2 Å². The van der Waals surface area contributed by atoms with Crippen molar-refractivity contribution in [1.29, 1.82) is 0 Å². The van der Waals surface area contributed by atoms with Gasteiger partial charge in [0.1, 0.15) is 0 Å². The molecule has 144 valence electrons. The zero-order chi connectivity index (χ0) is 17.7. The number of piperidine rings is 1. The summed E-state index contributed by atoms with van der Waals surface area (Å²) in [5, 5.41) is 13.3. The predicted octanol–water partition coefficient (Wildman–Crippen LogP) is 1.40. The van der Waals surface area contributed by atoms with E-state index >= 15 is 0 Å². The number of aliphatic hydroxyl groups is 1. The van der Waals surface area contributed by atoms with Crippen molar-refractivity contribution < 1.29 is 13.5 Å². The quantitative estimate of drug-likeness (QED) is 0.577. The molecular formula is C18H33N3O3S. The Morgan fingerprint density at radius 2 is 1.76 bits per heavy atom. The summed E-state index contributed by atoms with van der Waals surface area (Å²) >= 11 is 0. The summed E-state index contributed by atoms with van der Waals surface area (Å²) < 4.78 is 23.3. The first-order valence-corrected chi connectivity index (χ1v) is 11.8. The second-order valence-electron chi connectivity index (χ2n) is 8.04. The Hall–Kier alpha value is -0.820. The summed E-state index contributed by atoms with van der Waals surface area (Å²) in [6.07, 6.45) is 8.70. The van der Waals surface area contributed by atoms with Crippen LogP contribution < -0.4 is 5.32 Å². The van der Waals surface area contributed by atoms with E-state index in [0.29, 0.717) is 12.3 Å². The lowest BCUT2D eigenvalue weighted by Gasteiger charge is -2.33. The molecule has 1 saturated carbocycles. The molecule has 0 radical (unpaired) electrons. The Morgan fingerprint density at radius 3 is 2.40 bits per heavy atom. The maximum Gasteiger partial charge on any atom is 0.193 e. The van der Waals surface area contributed by atoms with E-state index in [0.717, 1.165) is 50.8 Å². The molecule has 3 rings (SSSR count). The third-order valence-electron chi connectivity index (χ3n) is 5.86. The number of aliphatic hydroxyl groups excluding tert-OH is 1. The first-order chi connectivity index (χ1) is 12.0. The average molecular weight is 372 g/mol. The fraction of sp³-hybridized carbons (Fsp3) is 0.944. The maximum absolute atomic E-state index is 11.7. The van der Waals surface area contributed by atoms with Crippen molar-refractivity contribution in [1.82, 2.24) is 10.2 Å². The van der Waals surface area contributed by atoms with E-state index in [9.17, 15) is 13.5 Å². The zero-order valence-electron chi connectivity index (χ0n) is 15.2. The molecule has 1 unspecified atom stereocenters. The van der Waals surface area contributed by atoms with Gasteiger partial charge in [0.05, 0.1) is 17.6 Å². The lowest BCUT2D eigenvalue weighted by Crippen LogP contribution is -2.48. The van der Waals surface area contributed by atoms with E-state index in [-0.39, 0.29) is 17.8 Å². The fourth-order valence-corrected chi connectivity index (χ4v) is 6.05. The summed E-state index contributed by atoms with van der Waals surface area (Å²) in [5.74, 6) is 2.40. The van der Waals surface area contributed by atoms with Gasteiger partial charge in [-0.3, -0.25) is 4.99 Å². The van der Waals surface area contributed by atoms with Crippen molar-refractivity contribution in [2.75, 3.05) is 37.7 Å². The highest BCUT2D eigenvalue weighted by molar-refractivity contribution is 7.91. The van der Waals surface area contributed by atoms with Gasteiger partial charge in [-0.1, -0.05) is 19.3 Å². The Morgan fingerprint density at radius 1 is 1.04 bits per heavy atom. The number of hydrogen-bond acceptors (Lipinski definition) is 4. The SMILES string of the molecule is O=S1(=O)CCC(CN=C(NCC2CCCCC2)N2CCC(O)CC2)C1. The Balaban J connectivity index is 1.57. The van der Waals surface area contributed by atoms with Crippen molar-refractivity contribution in [3.8, 4) is 0 Å². The van der Waals surface area contributed by atoms with E-state index in [1.54, 1.807) is 0 Å². The molecule has 1 aliphatic carbocycles. The number of nitrogens with one attached hydrogen (secondary N) is 1. The molecule has 0 aromatic heterocycles. The van der Waals surface area contributed by atoms with Crippen molar-refractivity contribution in [2.45, 2.75) is 57.5 Å². The molecule has 2 heterocycles. The van der Waals surface area contributed by atoms with Gasteiger partial charge in [-0.25, -0.2) is 8.42 Å². The average Bonchev–Trinajstić information content (AvgIpc) is 2.96. The van der Waals surface area contributed by atoms with E-state index in [1.165, 1.54) is 32.1 Å². The van der Waals surface area contributed by atoms with Crippen LogP contribution in [0, 0.1) is 11.8 Å². The van der Waals surface area contributed by atoms with Crippen LogP contribution in [0.4, 0.5) is 0 Å². The number of hydrogen-bond donors (Lipinski definition) is 2. The summed E-state index contributed by atoms with van der Waals surface area (Å²) in [6.45, 7) is 3.19. The van der Waals surface area contributed by atoms with Crippen LogP contribution in [0.25, 0.3) is 0 Å². The van der Waals surface area contributed by atoms with Gasteiger partial charge in [0.15, 0.2) is 15.8 Å². The first-order valence-electron chi connectivity index (χ1n) is 9.93. The number of guanidine groups is 1. The molecule has 7 heteroatoms. The lowest BCUT2D eigenvalue weighted by molar-refractivity contribution is 0.107. The van der Waals surface area contributed by atoms with Crippen molar-refractivity contribution in [3.63, 3.8) is 0 Å². The molecule has 2 saturated heterocycles. The van der Waals surface area contributed by atoms with Crippen molar-refractivity contribution in [3.05, 3.63) is 0 Å². The molecule has 2 N–H and O–H groups in total. The van der Waals surface area contributed by atoms with Gasteiger partial charge in [-0.2, -0.15) is 0 Å². The highest BCUT2D eigenvalue weighted by Gasteiger charge is 2.28. The normalized spacial score (nSPS) is 29.1. The molecule has 0 aromatic rings. The Bertz CT molecular complexity index is 550. The van der Waals surface area contributed by atoms with E-state index < -0.39 is 9.84 Å². The van der Waals surface area contributed by atoms with Crippen LogP contribution in [0.15, 0.2) is 4.99 Å². The minimum Gasteiger partial charge on any atom is -0.393 e. The molecule has 3 aliphatic rings. The Kier molecular flexibility index (Phi) is 6.61. The largest absolute Gasteiger partial charge is 0.393 e. The predicted molar refractivity (Wildman–Crippen MR) is 100 cm³/mol. The van der Waals surface area contributed by atoms with Crippen molar-refractivity contribution >= 4 is 15.8 Å². The molecule has 0 aromatic carbocycles. The monoisotopic (exact) mass is 371 g/mol. The van der Waals surface area contributed by atoms with Gasteiger partial charge >= 0.3 is 0 Å². The van der Waals surface area contributed by atoms with Crippen LogP contribution in [0.3, 0.4) is 0 Å². The third kappa shape index (κ3) is 5.84. The van der Waals surface area contributed by atoms with Crippen LogP contribution in [0.1, 0.15) is 51.4 Å². The van der Waals surface area contributed by atoms with Gasteiger partial charge in [0.25, 0.3) is 0 Å². The second-order valence-corrected chi connectivity index (χ2v) is 10.3. The molecular weight excluding hydrogens is 338 g/mol. The highest BCUT2D eigenvalue weighted by atomic mass is 32.2. The van der Waals surface area contributed by atoms with Gasteiger partial charge in [0.2, 0.25) is 0 Å². The summed E-state index contributed by atoms with van der Waals surface area (Å²) in [4.78, 5) is 7.02. The summed E-state index contributed by atoms with van der Waals surface area (Å²) in [6, 6.07) is 0. The van der Waals surface area contributed by atoms with E-state index in [2.05, 4.69) is 10.2 Å². The zero-order valence-corrected chi connectivity index (χ0v) is 16.0. The molecule has 2 aliphatic heterocycles. The van der Waals surface area contributed by atoms with Crippen molar-refractivity contribution in [2.24, 2.45) is 16.8 Å². The number of aliphatic imine (C=N–C) groups is 1. The molecule has 0 bridgehead atoms. The van der Waals surface area contributed by atoms with Gasteiger partial charge < -0.3 is 15.3 Å². The van der Waals surface area contributed by atoms with E-state index in [1.807, 2.05) is 0 Å². The topological polar surface area (TPSA) is 82.0 Å². The molecule has 0 spiro atoms. The van der Waals surface area contributed by atoms with Crippen LogP contribution in [0.5, 0.6) is 0 Å². The summed E-state index contributed by atoms with van der Waals surface area (Å²) in [5.41, 5.74) is 0. The minimum atomic E-state index is -2.84. The number of rotatable bonds is 4. The fourth-order valence-electron chi connectivity index (χ4n) is 4.20. The number of likely N-dealkylation sites (tertiary alicyclic amines) is 1. The van der Waals surface area contributed by atoms with E-state index in [4.69, 9.17) is 4.99 Å². The van der Waals surface area contributed by atoms with Crippen LogP contribution >= 0.6 is 0 Å². The molecule has 3 fully saturated rings. The summed E-state index contributed by atoms with van der Waals surface area (Å²) in [7, 11) is -2.84. The molecule has 1 atom stereocenters. The number of sulfone groups is 1.